The number of hydrogen-bond acceptors (Lipinski definition) is 3. The van der Waals surface area contributed by atoms with Crippen LogP contribution < -0.4 is 5.32 Å². The summed E-state index contributed by atoms with van der Waals surface area (Å²) in [7, 11) is 2.18. The lowest BCUT2D eigenvalue weighted by molar-refractivity contribution is 0.0274. The van der Waals surface area contributed by atoms with Gasteiger partial charge >= 0.3 is 0 Å². The van der Waals surface area contributed by atoms with Crippen LogP contribution in [-0.4, -0.2) is 36.2 Å². The van der Waals surface area contributed by atoms with Crippen molar-refractivity contribution >= 4 is 5.69 Å². The molecule has 1 aliphatic heterocycles. The fourth-order valence-electron chi connectivity index (χ4n) is 3.19. The molecule has 1 aromatic carbocycles. The Balaban J connectivity index is 1.60. The highest BCUT2D eigenvalue weighted by Gasteiger charge is 2.28. The van der Waals surface area contributed by atoms with Crippen molar-refractivity contribution in [3.63, 3.8) is 0 Å². The lowest BCUT2D eigenvalue weighted by Crippen LogP contribution is -2.36. The second kappa shape index (κ2) is 4.90. The first-order valence-corrected chi connectivity index (χ1v) is 6.93. The van der Waals surface area contributed by atoms with E-state index < -0.39 is 0 Å². The summed E-state index contributed by atoms with van der Waals surface area (Å²) in [4.78, 5) is 2.38. The van der Waals surface area contributed by atoms with E-state index >= 15 is 0 Å². The third-order valence-electron chi connectivity index (χ3n) is 4.15. The summed E-state index contributed by atoms with van der Waals surface area (Å²) in [6, 6.07) is 6.62. The van der Waals surface area contributed by atoms with E-state index in [1.54, 1.807) is 0 Å². The summed E-state index contributed by atoms with van der Waals surface area (Å²) in [6.07, 6.45) is 3.08. The van der Waals surface area contributed by atoms with E-state index in [-0.39, 0.29) is 6.10 Å². The molecule has 18 heavy (non-hydrogen) atoms. The largest absolute Gasteiger partial charge is 0.393 e. The number of benzene rings is 1. The van der Waals surface area contributed by atoms with Gasteiger partial charge in [-0.3, -0.25) is 0 Å². The highest BCUT2D eigenvalue weighted by molar-refractivity contribution is 5.61. The van der Waals surface area contributed by atoms with Gasteiger partial charge in [0, 0.05) is 25.3 Å². The highest BCUT2D eigenvalue weighted by Crippen LogP contribution is 2.30. The van der Waals surface area contributed by atoms with E-state index in [0.717, 1.165) is 38.9 Å². The summed E-state index contributed by atoms with van der Waals surface area (Å²) < 4.78 is 0. The zero-order valence-electron chi connectivity index (χ0n) is 11.0. The van der Waals surface area contributed by atoms with Gasteiger partial charge < -0.3 is 15.3 Å². The lowest BCUT2D eigenvalue weighted by Gasteiger charge is -2.34. The predicted molar refractivity (Wildman–Crippen MR) is 73.7 cm³/mol. The Labute approximate surface area is 109 Å². The molecule has 3 nitrogen and oxygen atoms in total. The summed E-state index contributed by atoms with van der Waals surface area (Å²) >= 11 is 0. The number of para-hydroxylation sites is 1. The molecule has 0 amide bonds. The van der Waals surface area contributed by atoms with Gasteiger partial charge in [0.1, 0.15) is 0 Å². The number of aliphatic hydroxyl groups is 1. The van der Waals surface area contributed by atoms with Gasteiger partial charge in [-0.15, -0.1) is 0 Å². The van der Waals surface area contributed by atoms with Crippen molar-refractivity contribution in [3.05, 3.63) is 29.3 Å². The number of nitrogens with one attached hydrogen (secondary N) is 1. The first-order chi connectivity index (χ1) is 8.72. The Morgan fingerprint density at radius 3 is 3.00 bits per heavy atom. The molecule has 1 aliphatic carbocycles. The molecule has 0 unspecified atom stereocenters. The first kappa shape index (κ1) is 12.0. The lowest BCUT2D eigenvalue weighted by atomic mass is 9.82. The third-order valence-corrected chi connectivity index (χ3v) is 4.15. The third kappa shape index (κ3) is 2.38. The fourth-order valence-corrected chi connectivity index (χ4v) is 3.19. The summed E-state index contributed by atoms with van der Waals surface area (Å²) in [5.74, 6) is 0.690. The van der Waals surface area contributed by atoms with Crippen LogP contribution in [0.4, 0.5) is 5.69 Å². The maximum atomic E-state index is 9.32. The van der Waals surface area contributed by atoms with Crippen molar-refractivity contribution in [2.75, 3.05) is 25.5 Å². The molecule has 2 aliphatic rings. The molecule has 0 atom stereocenters. The van der Waals surface area contributed by atoms with Crippen LogP contribution >= 0.6 is 0 Å². The summed E-state index contributed by atoms with van der Waals surface area (Å²) in [5.41, 5.74) is 4.23. The van der Waals surface area contributed by atoms with Crippen LogP contribution in [-0.2, 0) is 13.0 Å². The van der Waals surface area contributed by atoms with Gasteiger partial charge in [0.25, 0.3) is 0 Å². The van der Waals surface area contributed by atoms with Gasteiger partial charge in [-0.05, 0) is 43.4 Å². The standard InChI is InChI=1S/C15H22N2O/c1-17(9-11-7-14(18)8-11)10-13-4-2-3-12-5-6-16-15(12)13/h2-4,11,14,16,18H,5-10H2,1H3. The van der Waals surface area contributed by atoms with Crippen LogP contribution in [0.3, 0.4) is 0 Å². The van der Waals surface area contributed by atoms with E-state index in [1.807, 2.05) is 0 Å². The Kier molecular flexibility index (Phi) is 3.27. The summed E-state index contributed by atoms with van der Waals surface area (Å²) in [6.45, 7) is 3.17. The number of anilines is 1. The summed E-state index contributed by atoms with van der Waals surface area (Å²) in [5, 5.41) is 12.8. The van der Waals surface area contributed by atoms with Crippen LogP contribution in [0.5, 0.6) is 0 Å². The average Bonchev–Trinajstić information content (AvgIpc) is 2.76. The Hall–Kier alpha value is -1.06. The average molecular weight is 246 g/mol. The normalized spacial score (nSPS) is 25.7. The first-order valence-electron chi connectivity index (χ1n) is 6.93. The van der Waals surface area contributed by atoms with E-state index in [9.17, 15) is 5.11 Å². The molecular formula is C15H22N2O. The minimum Gasteiger partial charge on any atom is -0.393 e. The van der Waals surface area contributed by atoms with Crippen molar-refractivity contribution in [3.8, 4) is 0 Å². The SMILES string of the molecule is CN(Cc1cccc2c1NCC2)CC1CC(O)C1. The molecule has 98 valence electrons. The van der Waals surface area contributed by atoms with Gasteiger partial charge in [-0.2, -0.15) is 0 Å². The van der Waals surface area contributed by atoms with E-state index in [4.69, 9.17) is 0 Å². The fraction of sp³-hybridized carbons (Fsp3) is 0.600. The molecule has 1 heterocycles. The van der Waals surface area contributed by atoms with Crippen LogP contribution in [0.1, 0.15) is 24.0 Å². The van der Waals surface area contributed by atoms with Crippen LogP contribution in [0.25, 0.3) is 0 Å². The maximum Gasteiger partial charge on any atom is 0.0546 e. The number of fused-ring (bicyclic) bond motifs is 1. The molecule has 3 heteroatoms. The number of rotatable bonds is 4. The van der Waals surface area contributed by atoms with Gasteiger partial charge in [0.15, 0.2) is 0 Å². The minimum atomic E-state index is -0.0361. The molecule has 0 saturated heterocycles. The van der Waals surface area contributed by atoms with E-state index in [2.05, 4.69) is 35.5 Å². The zero-order valence-corrected chi connectivity index (χ0v) is 11.0. The minimum absolute atomic E-state index is 0.0361. The van der Waals surface area contributed by atoms with Gasteiger partial charge in [-0.25, -0.2) is 0 Å². The number of aliphatic hydroxyl groups excluding tert-OH is 1. The molecule has 1 fully saturated rings. The second-order valence-electron chi connectivity index (χ2n) is 5.82. The second-order valence-corrected chi connectivity index (χ2v) is 5.82. The smallest absolute Gasteiger partial charge is 0.0546 e. The highest BCUT2D eigenvalue weighted by atomic mass is 16.3. The van der Waals surface area contributed by atoms with Gasteiger partial charge in [0.2, 0.25) is 0 Å². The van der Waals surface area contributed by atoms with Crippen LogP contribution in [0, 0.1) is 5.92 Å². The molecular weight excluding hydrogens is 224 g/mol. The Morgan fingerprint density at radius 1 is 1.39 bits per heavy atom. The molecule has 0 spiro atoms. The van der Waals surface area contributed by atoms with Crippen LogP contribution in [0.2, 0.25) is 0 Å². The molecule has 1 saturated carbocycles. The monoisotopic (exact) mass is 246 g/mol. The predicted octanol–water partition coefficient (Wildman–Crippen LogP) is 1.86. The van der Waals surface area contributed by atoms with E-state index in [0.29, 0.717) is 5.92 Å². The van der Waals surface area contributed by atoms with Crippen molar-refractivity contribution in [2.24, 2.45) is 5.92 Å². The van der Waals surface area contributed by atoms with E-state index in [1.165, 1.54) is 16.8 Å². The Morgan fingerprint density at radius 2 is 2.22 bits per heavy atom. The quantitative estimate of drug-likeness (QED) is 0.851. The van der Waals surface area contributed by atoms with Crippen LogP contribution in [0.15, 0.2) is 18.2 Å². The number of nitrogens with zero attached hydrogens (tertiary/aromatic N) is 1. The van der Waals surface area contributed by atoms with Crippen molar-refractivity contribution in [1.82, 2.24) is 4.90 Å². The Bertz CT molecular complexity index is 427. The number of hydrogen-bond donors (Lipinski definition) is 2. The molecule has 1 aromatic rings. The van der Waals surface area contributed by atoms with Gasteiger partial charge in [-0.1, -0.05) is 18.2 Å². The van der Waals surface area contributed by atoms with Crippen molar-refractivity contribution < 1.29 is 5.11 Å². The molecule has 0 radical (unpaired) electrons. The van der Waals surface area contributed by atoms with Crippen molar-refractivity contribution in [1.29, 1.82) is 0 Å². The van der Waals surface area contributed by atoms with Crippen molar-refractivity contribution in [2.45, 2.75) is 31.9 Å². The maximum absolute atomic E-state index is 9.32. The van der Waals surface area contributed by atoms with Gasteiger partial charge in [0.05, 0.1) is 6.10 Å². The molecule has 3 rings (SSSR count). The molecule has 0 aromatic heterocycles. The molecule has 0 bridgehead atoms. The molecule has 2 N–H and O–H groups in total. The zero-order chi connectivity index (χ0) is 12.5. The topological polar surface area (TPSA) is 35.5 Å².